The molecule has 3 aromatic rings. The van der Waals surface area contributed by atoms with Gasteiger partial charge in [0.25, 0.3) is 5.91 Å². The van der Waals surface area contributed by atoms with Gasteiger partial charge in [0.15, 0.2) is 18.1 Å². The average Bonchev–Trinajstić information content (AvgIpc) is 3.22. The number of nitrogens with zero attached hydrogens (tertiary/aromatic N) is 4. The summed E-state index contributed by atoms with van der Waals surface area (Å²) in [5.41, 5.74) is 3.10. The topological polar surface area (TPSA) is 99.0 Å². The summed E-state index contributed by atoms with van der Waals surface area (Å²) in [4.78, 5) is 25.1. The lowest BCUT2D eigenvalue weighted by Gasteiger charge is -2.15. The minimum absolute atomic E-state index is 0.115. The van der Waals surface area contributed by atoms with E-state index in [-0.39, 0.29) is 11.7 Å². The minimum Gasteiger partial charge on any atom is -0.451 e. The number of amides is 1. The van der Waals surface area contributed by atoms with E-state index < -0.39 is 18.5 Å². The van der Waals surface area contributed by atoms with Crippen LogP contribution in [0, 0.1) is 6.92 Å². The van der Waals surface area contributed by atoms with Crippen molar-refractivity contribution in [3.05, 3.63) is 77.1 Å². The summed E-state index contributed by atoms with van der Waals surface area (Å²) < 4.78 is 6.54. The summed E-state index contributed by atoms with van der Waals surface area (Å²) >= 11 is 0. The summed E-state index contributed by atoms with van der Waals surface area (Å²) in [7, 11) is 0. The number of carbonyl (C=O) groups is 2. The zero-order valence-electron chi connectivity index (χ0n) is 17.8. The molecule has 0 radical (unpaired) electrons. The molecule has 160 valence electrons. The van der Waals surface area contributed by atoms with Gasteiger partial charge in [-0.1, -0.05) is 61.5 Å². The molecule has 0 aliphatic heterocycles. The second-order valence-electron chi connectivity index (χ2n) is 7.04. The Labute approximate surface area is 180 Å². The number of tetrazole rings is 1. The van der Waals surface area contributed by atoms with E-state index in [1.54, 1.807) is 13.0 Å². The van der Waals surface area contributed by atoms with Crippen LogP contribution in [0.15, 0.2) is 54.6 Å². The monoisotopic (exact) mass is 419 g/mol. The van der Waals surface area contributed by atoms with E-state index in [0.29, 0.717) is 5.82 Å². The number of rotatable bonds is 8. The van der Waals surface area contributed by atoms with E-state index in [0.717, 1.165) is 17.5 Å². The summed E-state index contributed by atoms with van der Waals surface area (Å²) in [6.07, 6.45) is 2.57. The molecule has 0 saturated heterocycles. The highest BCUT2D eigenvalue weighted by Crippen LogP contribution is 2.15. The maximum atomic E-state index is 12.7. The standard InChI is InChI=1S/C23H25N5O3/c1-4-18-10-12-20(13-11-18)16(2)24-22(29)15-31-23(30)21(28-17(3)25-26-27-28)14-19-8-6-5-7-9-19/h5-14,16H,4,15H2,1-3H3,(H,24,29)/b21-14-/t16-/m1/s1. The number of esters is 1. The fraction of sp³-hybridized carbons (Fsp3) is 0.261. The molecule has 2 aromatic carbocycles. The number of nitrogens with one attached hydrogen (secondary N) is 1. The molecule has 8 nitrogen and oxygen atoms in total. The lowest BCUT2D eigenvalue weighted by atomic mass is 10.1. The highest BCUT2D eigenvalue weighted by atomic mass is 16.5. The third-order valence-electron chi connectivity index (χ3n) is 4.77. The molecule has 0 aliphatic rings. The summed E-state index contributed by atoms with van der Waals surface area (Å²) in [6, 6.07) is 17.1. The van der Waals surface area contributed by atoms with Crippen LogP contribution in [-0.4, -0.2) is 38.7 Å². The Balaban J connectivity index is 1.65. The lowest BCUT2D eigenvalue weighted by molar-refractivity contribution is -0.143. The highest BCUT2D eigenvalue weighted by molar-refractivity contribution is 6.15. The third-order valence-corrected chi connectivity index (χ3v) is 4.77. The van der Waals surface area contributed by atoms with Gasteiger partial charge >= 0.3 is 5.97 Å². The van der Waals surface area contributed by atoms with E-state index in [9.17, 15) is 9.59 Å². The second-order valence-corrected chi connectivity index (χ2v) is 7.04. The zero-order chi connectivity index (χ0) is 22.2. The maximum absolute atomic E-state index is 12.7. The Hall–Kier alpha value is -3.81. The Morgan fingerprint density at radius 1 is 1.13 bits per heavy atom. The van der Waals surface area contributed by atoms with Crippen LogP contribution in [0.1, 0.15) is 42.4 Å². The van der Waals surface area contributed by atoms with E-state index in [2.05, 4.69) is 27.8 Å². The number of aryl methyl sites for hydroxylation is 2. The van der Waals surface area contributed by atoms with Gasteiger partial charge in [-0.3, -0.25) is 4.79 Å². The smallest absolute Gasteiger partial charge is 0.357 e. The summed E-state index contributed by atoms with van der Waals surface area (Å²) in [5, 5.41) is 14.1. The number of benzene rings is 2. The van der Waals surface area contributed by atoms with Crippen LogP contribution in [0.2, 0.25) is 0 Å². The van der Waals surface area contributed by atoms with Crippen LogP contribution in [-0.2, 0) is 20.7 Å². The largest absolute Gasteiger partial charge is 0.451 e. The van der Waals surface area contributed by atoms with Crippen molar-refractivity contribution in [2.75, 3.05) is 6.61 Å². The second kappa shape index (κ2) is 10.3. The summed E-state index contributed by atoms with van der Waals surface area (Å²) in [5.74, 6) is -0.671. The van der Waals surface area contributed by atoms with Gasteiger partial charge in [0.1, 0.15) is 0 Å². The van der Waals surface area contributed by atoms with Crippen LogP contribution in [0.3, 0.4) is 0 Å². The first kappa shape index (κ1) is 21.9. The third kappa shape index (κ3) is 5.85. The number of hydrogen-bond acceptors (Lipinski definition) is 6. The van der Waals surface area contributed by atoms with Crippen LogP contribution in [0.25, 0.3) is 11.8 Å². The molecule has 31 heavy (non-hydrogen) atoms. The molecule has 1 amide bonds. The predicted octanol–water partition coefficient (Wildman–Crippen LogP) is 2.96. The fourth-order valence-electron chi connectivity index (χ4n) is 2.98. The Bertz CT molecular complexity index is 1060. The molecule has 1 aromatic heterocycles. The molecule has 0 saturated carbocycles. The van der Waals surface area contributed by atoms with Crippen molar-refractivity contribution < 1.29 is 14.3 Å². The van der Waals surface area contributed by atoms with Crippen LogP contribution < -0.4 is 5.32 Å². The van der Waals surface area contributed by atoms with E-state index >= 15 is 0 Å². The van der Waals surface area contributed by atoms with Crippen LogP contribution >= 0.6 is 0 Å². The van der Waals surface area contributed by atoms with Gasteiger partial charge in [0.05, 0.1) is 6.04 Å². The van der Waals surface area contributed by atoms with Crippen molar-refractivity contribution in [2.24, 2.45) is 0 Å². The maximum Gasteiger partial charge on any atom is 0.357 e. The van der Waals surface area contributed by atoms with Gasteiger partial charge < -0.3 is 10.1 Å². The predicted molar refractivity (Wildman–Crippen MR) is 116 cm³/mol. The Morgan fingerprint density at radius 3 is 2.45 bits per heavy atom. The van der Waals surface area contributed by atoms with Crippen molar-refractivity contribution in [2.45, 2.75) is 33.2 Å². The van der Waals surface area contributed by atoms with E-state index in [1.165, 1.54) is 10.2 Å². The van der Waals surface area contributed by atoms with Crippen molar-refractivity contribution in [1.29, 1.82) is 0 Å². The van der Waals surface area contributed by atoms with Gasteiger partial charge in [0.2, 0.25) is 0 Å². The first-order valence-corrected chi connectivity index (χ1v) is 10.1. The number of carbonyl (C=O) groups excluding carboxylic acids is 2. The van der Waals surface area contributed by atoms with E-state index in [1.807, 2.05) is 61.5 Å². The molecule has 0 fully saturated rings. The van der Waals surface area contributed by atoms with Gasteiger partial charge in [-0.15, -0.1) is 5.10 Å². The van der Waals surface area contributed by atoms with Crippen molar-refractivity contribution in [3.8, 4) is 0 Å². The van der Waals surface area contributed by atoms with Crippen molar-refractivity contribution in [1.82, 2.24) is 25.5 Å². The van der Waals surface area contributed by atoms with E-state index in [4.69, 9.17) is 4.74 Å². The SMILES string of the molecule is CCc1ccc([C@@H](C)NC(=O)COC(=O)/C(=C/c2ccccc2)n2nnnc2C)cc1. The molecular formula is C23H25N5O3. The van der Waals surface area contributed by atoms with Gasteiger partial charge in [-0.05, 0) is 53.5 Å². The van der Waals surface area contributed by atoms with Gasteiger partial charge in [-0.25, -0.2) is 4.79 Å². The average molecular weight is 419 g/mol. The molecule has 1 N–H and O–H groups in total. The highest BCUT2D eigenvalue weighted by Gasteiger charge is 2.19. The van der Waals surface area contributed by atoms with Crippen LogP contribution in [0.4, 0.5) is 0 Å². The molecule has 1 atom stereocenters. The van der Waals surface area contributed by atoms with Gasteiger partial charge in [-0.2, -0.15) is 4.68 Å². The minimum atomic E-state index is -0.700. The zero-order valence-corrected chi connectivity index (χ0v) is 17.8. The number of aromatic nitrogens is 4. The molecule has 1 heterocycles. The molecule has 0 spiro atoms. The molecule has 0 unspecified atom stereocenters. The first-order chi connectivity index (χ1) is 15.0. The van der Waals surface area contributed by atoms with Gasteiger partial charge in [0, 0.05) is 0 Å². The Kier molecular flexibility index (Phi) is 7.26. The quantitative estimate of drug-likeness (QED) is 0.445. The van der Waals surface area contributed by atoms with Crippen LogP contribution in [0.5, 0.6) is 0 Å². The molecule has 3 rings (SSSR count). The molecular weight excluding hydrogens is 394 g/mol. The van der Waals surface area contributed by atoms with Crippen molar-refractivity contribution >= 4 is 23.6 Å². The number of hydrogen-bond donors (Lipinski definition) is 1. The normalized spacial score (nSPS) is 12.3. The first-order valence-electron chi connectivity index (χ1n) is 10.1. The molecule has 0 aliphatic carbocycles. The molecule has 8 heteroatoms. The Morgan fingerprint density at radius 2 is 1.84 bits per heavy atom. The summed E-state index contributed by atoms with van der Waals surface area (Å²) in [6.45, 7) is 5.23. The number of ether oxygens (including phenoxy) is 1. The lowest BCUT2D eigenvalue weighted by Crippen LogP contribution is -2.31. The fourth-order valence-corrected chi connectivity index (χ4v) is 2.98. The van der Waals surface area contributed by atoms with Crippen molar-refractivity contribution in [3.63, 3.8) is 0 Å². The molecule has 0 bridgehead atoms.